The fourth-order valence-corrected chi connectivity index (χ4v) is 3.48. The van der Waals surface area contributed by atoms with Gasteiger partial charge in [-0.05, 0) is 17.7 Å². The SMILES string of the molecule is O=S(=O)(Cl)c1cc(CN2CCOCC2)cc2c1OCCO2. The maximum atomic E-state index is 11.7. The van der Waals surface area contributed by atoms with E-state index in [-0.39, 0.29) is 10.6 Å². The summed E-state index contributed by atoms with van der Waals surface area (Å²) in [5.74, 6) is 0.646. The summed E-state index contributed by atoms with van der Waals surface area (Å²) < 4.78 is 39.7. The molecule has 0 atom stereocenters. The van der Waals surface area contributed by atoms with Gasteiger partial charge in [-0.15, -0.1) is 0 Å². The number of hydrogen-bond acceptors (Lipinski definition) is 6. The van der Waals surface area contributed by atoms with Crippen LogP contribution < -0.4 is 9.47 Å². The number of nitrogens with zero attached hydrogens (tertiary/aromatic N) is 1. The molecule has 0 unspecified atom stereocenters. The summed E-state index contributed by atoms with van der Waals surface area (Å²) in [6.45, 7) is 4.34. The molecule has 0 radical (unpaired) electrons. The molecule has 0 aromatic heterocycles. The molecule has 116 valence electrons. The average molecular weight is 334 g/mol. The Morgan fingerprint density at radius 2 is 1.81 bits per heavy atom. The van der Waals surface area contributed by atoms with Crippen molar-refractivity contribution in [3.63, 3.8) is 0 Å². The van der Waals surface area contributed by atoms with Crippen LogP contribution in [0.15, 0.2) is 17.0 Å². The van der Waals surface area contributed by atoms with Crippen molar-refractivity contribution in [2.24, 2.45) is 0 Å². The molecule has 21 heavy (non-hydrogen) atoms. The Morgan fingerprint density at radius 1 is 1.10 bits per heavy atom. The molecular formula is C13H16ClNO5S. The van der Waals surface area contributed by atoms with Crippen LogP contribution in [0, 0.1) is 0 Å². The van der Waals surface area contributed by atoms with Crippen molar-refractivity contribution < 1.29 is 22.6 Å². The van der Waals surface area contributed by atoms with E-state index in [4.69, 9.17) is 24.9 Å². The minimum absolute atomic E-state index is 0.0235. The van der Waals surface area contributed by atoms with Gasteiger partial charge in [0.2, 0.25) is 0 Å². The zero-order valence-electron chi connectivity index (χ0n) is 11.4. The Labute approximate surface area is 128 Å². The summed E-state index contributed by atoms with van der Waals surface area (Å²) in [6, 6.07) is 3.38. The Bertz CT molecular complexity index is 628. The van der Waals surface area contributed by atoms with Gasteiger partial charge >= 0.3 is 0 Å². The molecule has 6 nitrogen and oxygen atoms in total. The average Bonchev–Trinajstić information content (AvgIpc) is 2.46. The van der Waals surface area contributed by atoms with E-state index in [0.717, 1.165) is 18.7 Å². The van der Waals surface area contributed by atoms with Crippen molar-refractivity contribution in [3.05, 3.63) is 17.7 Å². The largest absolute Gasteiger partial charge is 0.486 e. The molecule has 0 bridgehead atoms. The van der Waals surface area contributed by atoms with Gasteiger partial charge in [0.15, 0.2) is 11.5 Å². The second-order valence-corrected chi connectivity index (χ2v) is 7.48. The second kappa shape index (κ2) is 6.00. The standard InChI is InChI=1S/C13H16ClNO5S/c14-21(16,17)12-8-10(9-15-1-3-18-4-2-15)7-11-13(12)20-6-5-19-11/h7-8H,1-6,9H2. The van der Waals surface area contributed by atoms with Crippen LogP contribution in [-0.4, -0.2) is 52.8 Å². The molecule has 2 heterocycles. The van der Waals surface area contributed by atoms with Gasteiger partial charge in [0, 0.05) is 30.3 Å². The van der Waals surface area contributed by atoms with Crippen molar-refractivity contribution in [1.29, 1.82) is 0 Å². The van der Waals surface area contributed by atoms with E-state index >= 15 is 0 Å². The lowest BCUT2D eigenvalue weighted by atomic mass is 10.1. The monoisotopic (exact) mass is 333 g/mol. The van der Waals surface area contributed by atoms with Crippen LogP contribution in [0.3, 0.4) is 0 Å². The van der Waals surface area contributed by atoms with Crippen LogP contribution in [-0.2, 0) is 20.3 Å². The zero-order valence-corrected chi connectivity index (χ0v) is 13.0. The number of ether oxygens (including phenoxy) is 3. The molecule has 8 heteroatoms. The molecule has 0 N–H and O–H groups in total. The van der Waals surface area contributed by atoms with Crippen molar-refractivity contribution in [3.8, 4) is 11.5 Å². The van der Waals surface area contributed by atoms with Crippen LogP contribution in [0.5, 0.6) is 11.5 Å². The highest BCUT2D eigenvalue weighted by Crippen LogP contribution is 2.39. The van der Waals surface area contributed by atoms with Gasteiger partial charge in [-0.2, -0.15) is 0 Å². The molecule has 0 saturated carbocycles. The van der Waals surface area contributed by atoms with Gasteiger partial charge in [0.25, 0.3) is 9.05 Å². The van der Waals surface area contributed by atoms with Crippen LogP contribution in [0.2, 0.25) is 0 Å². The van der Waals surface area contributed by atoms with Crippen molar-refractivity contribution in [2.45, 2.75) is 11.4 Å². The second-order valence-electron chi connectivity index (χ2n) is 4.94. The fraction of sp³-hybridized carbons (Fsp3) is 0.538. The first-order valence-electron chi connectivity index (χ1n) is 6.71. The van der Waals surface area contributed by atoms with Crippen molar-refractivity contribution in [2.75, 3.05) is 39.5 Å². The highest BCUT2D eigenvalue weighted by atomic mass is 35.7. The Morgan fingerprint density at radius 3 is 2.52 bits per heavy atom. The number of rotatable bonds is 3. The third-order valence-electron chi connectivity index (χ3n) is 3.44. The highest BCUT2D eigenvalue weighted by Gasteiger charge is 2.25. The van der Waals surface area contributed by atoms with Crippen LogP contribution in [0.4, 0.5) is 0 Å². The smallest absolute Gasteiger partial charge is 0.265 e. The topological polar surface area (TPSA) is 65.1 Å². The van der Waals surface area contributed by atoms with Gasteiger partial charge < -0.3 is 14.2 Å². The number of morpholine rings is 1. The van der Waals surface area contributed by atoms with E-state index in [1.54, 1.807) is 6.07 Å². The fourth-order valence-electron chi connectivity index (χ4n) is 2.47. The van der Waals surface area contributed by atoms with Crippen molar-refractivity contribution in [1.82, 2.24) is 4.90 Å². The van der Waals surface area contributed by atoms with E-state index in [1.807, 2.05) is 6.07 Å². The minimum Gasteiger partial charge on any atom is -0.486 e. The van der Waals surface area contributed by atoms with E-state index in [1.165, 1.54) is 0 Å². The van der Waals surface area contributed by atoms with Crippen molar-refractivity contribution >= 4 is 19.7 Å². The Balaban J connectivity index is 1.94. The summed E-state index contributed by atoms with van der Waals surface area (Å²) in [5.41, 5.74) is 0.834. The normalized spacial score (nSPS) is 19.5. The first-order chi connectivity index (χ1) is 10.0. The van der Waals surface area contributed by atoms with Crippen LogP contribution >= 0.6 is 10.7 Å². The molecule has 0 amide bonds. The lowest BCUT2D eigenvalue weighted by Gasteiger charge is -2.27. The van der Waals surface area contributed by atoms with Gasteiger partial charge in [-0.25, -0.2) is 8.42 Å². The van der Waals surface area contributed by atoms with Gasteiger partial charge in [0.1, 0.15) is 18.1 Å². The maximum Gasteiger partial charge on any atom is 0.265 e. The number of halogens is 1. The minimum atomic E-state index is -3.88. The van der Waals surface area contributed by atoms with E-state index in [0.29, 0.717) is 38.7 Å². The van der Waals surface area contributed by atoms with Crippen LogP contribution in [0.25, 0.3) is 0 Å². The van der Waals surface area contributed by atoms with E-state index in [2.05, 4.69) is 4.90 Å². The highest BCUT2D eigenvalue weighted by molar-refractivity contribution is 8.13. The zero-order chi connectivity index (χ0) is 14.9. The summed E-state index contributed by atoms with van der Waals surface area (Å²) in [6.07, 6.45) is 0. The predicted octanol–water partition coefficient (Wildman–Crippen LogP) is 1.22. The third kappa shape index (κ3) is 3.42. The third-order valence-corrected chi connectivity index (χ3v) is 4.77. The molecule has 2 aliphatic rings. The summed E-state index contributed by atoms with van der Waals surface area (Å²) in [7, 11) is 1.63. The quantitative estimate of drug-likeness (QED) is 0.775. The van der Waals surface area contributed by atoms with E-state index < -0.39 is 9.05 Å². The Kier molecular flexibility index (Phi) is 4.26. The van der Waals surface area contributed by atoms with Gasteiger partial charge in [0.05, 0.1) is 13.2 Å². The summed E-state index contributed by atoms with van der Waals surface area (Å²) in [5, 5.41) is 0. The molecule has 2 aliphatic heterocycles. The molecular weight excluding hydrogens is 318 g/mol. The molecule has 0 spiro atoms. The number of benzene rings is 1. The first kappa shape index (κ1) is 14.9. The molecule has 1 fully saturated rings. The Hall–Kier alpha value is -1.02. The lowest BCUT2D eigenvalue weighted by molar-refractivity contribution is 0.0341. The maximum absolute atomic E-state index is 11.7. The number of fused-ring (bicyclic) bond motifs is 1. The first-order valence-corrected chi connectivity index (χ1v) is 9.02. The summed E-state index contributed by atoms with van der Waals surface area (Å²) in [4.78, 5) is 2.17. The predicted molar refractivity (Wildman–Crippen MR) is 76.6 cm³/mol. The molecule has 1 aromatic rings. The molecule has 1 aromatic carbocycles. The molecule has 0 aliphatic carbocycles. The van der Waals surface area contributed by atoms with Crippen LogP contribution in [0.1, 0.15) is 5.56 Å². The lowest BCUT2D eigenvalue weighted by Crippen LogP contribution is -2.35. The number of hydrogen-bond donors (Lipinski definition) is 0. The molecule has 1 saturated heterocycles. The van der Waals surface area contributed by atoms with Gasteiger partial charge in [-0.3, -0.25) is 4.90 Å². The van der Waals surface area contributed by atoms with E-state index in [9.17, 15) is 8.42 Å². The van der Waals surface area contributed by atoms with Gasteiger partial charge in [-0.1, -0.05) is 0 Å². The molecule has 3 rings (SSSR count). The summed E-state index contributed by atoms with van der Waals surface area (Å²) >= 11 is 0.